The van der Waals surface area contributed by atoms with E-state index in [1.165, 1.54) is 12.4 Å². The lowest BCUT2D eigenvalue weighted by Gasteiger charge is -2.06. The number of amides is 1. The van der Waals surface area contributed by atoms with Gasteiger partial charge in [0.15, 0.2) is 0 Å². The van der Waals surface area contributed by atoms with Crippen molar-refractivity contribution in [3.8, 4) is 0 Å². The van der Waals surface area contributed by atoms with Crippen LogP contribution in [0.25, 0.3) is 0 Å². The van der Waals surface area contributed by atoms with Gasteiger partial charge in [0.2, 0.25) is 5.95 Å². The average molecular weight is 309 g/mol. The molecule has 0 aliphatic carbocycles. The molecule has 0 atom stereocenters. The van der Waals surface area contributed by atoms with E-state index in [0.29, 0.717) is 30.4 Å². The van der Waals surface area contributed by atoms with E-state index in [9.17, 15) is 4.79 Å². The van der Waals surface area contributed by atoms with Crippen molar-refractivity contribution in [2.45, 2.75) is 13.1 Å². The molecule has 2 N–H and O–H groups in total. The molecule has 0 unspecified atom stereocenters. The van der Waals surface area contributed by atoms with Gasteiger partial charge in [-0.1, -0.05) is 6.07 Å². The molecule has 7 nitrogen and oxygen atoms in total. The fourth-order valence-electron chi connectivity index (χ4n) is 1.90. The second kappa shape index (κ2) is 7.17. The molecule has 0 aliphatic rings. The fourth-order valence-corrected chi connectivity index (χ4v) is 1.90. The van der Waals surface area contributed by atoms with Crippen LogP contribution in [-0.2, 0) is 13.1 Å². The predicted molar refractivity (Wildman–Crippen MR) is 83.5 cm³/mol. The smallest absolute Gasteiger partial charge is 0.254 e. The molecule has 3 rings (SSSR count). The van der Waals surface area contributed by atoms with Crippen LogP contribution in [0.5, 0.6) is 0 Å². The van der Waals surface area contributed by atoms with Crippen molar-refractivity contribution >= 4 is 11.9 Å². The maximum absolute atomic E-state index is 12.0. The summed E-state index contributed by atoms with van der Waals surface area (Å²) in [6.45, 7) is 0.894. The van der Waals surface area contributed by atoms with Crippen molar-refractivity contribution in [3.05, 3.63) is 72.2 Å². The van der Waals surface area contributed by atoms with E-state index in [4.69, 9.17) is 4.42 Å². The number of nitrogens with zero attached hydrogens (tertiary/aromatic N) is 3. The van der Waals surface area contributed by atoms with Crippen LogP contribution < -0.4 is 10.6 Å². The summed E-state index contributed by atoms with van der Waals surface area (Å²) in [7, 11) is 0. The maximum Gasteiger partial charge on any atom is 0.254 e. The van der Waals surface area contributed by atoms with Crippen LogP contribution >= 0.6 is 0 Å². The summed E-state index contributed by atoms with van der Waals surface area (Å²) in [5.74, 6) is 0.894. The van der Waals surface area contributed by atoms with Crippen LogP contribution in [0.1, 0.15) is 21.7 Å². The van der Waals surface area contributed by atoms with E-state index in [-0.39, 0.29) is 5.91 Å². The number of carbonyl (C=O) groups excluding carboxylic acids is 1. The van der Waals surface area contributed by atoms with Gasteiger partial charge in [-0.05, 0) is 23.8 Å². The highest BCUT2D eigenvalue weighted by atomic mass is 16.3. The maximum atomic E-state index is 12.0. The summed E-state index contributed by atoms with van der Waals surface area (Å²) in [6.07, 6.45) is 8.01. The number of rotatable bonds is 6. The zero-order valence-electron chi connectivity index (χ0n) is 12.3. The van der Waals surface area contributed by atoms with E-state index in [1.54, 1.807) is 30.8 Å². The van der Waals surface area contributed by atoms with E-state index < -0.39 is 0 Å². The molecule has 0 spiro atoms. The Kier molecular flexibility index (Phi) is 4.58. The Labute approximate surface area is 132 Å². The minimum atomic E-state index is -0.250. The monoisotopic (exact) mass is 309 g/mol. The summed E-state index contributed by atoms with van der Waals surface area (Å²) in [5.41, 5.74) is 1.42. The fraction of sp³-hybridized carbons (Fsp3) is 0.125. The van der Waals surface area contributed by atoms with E-state index >= 15 is 0 Å². The number of anilines is 1. The van der Waals surface area contributed by atoms with Gasteiger partial charge in [0.05, 0.1) is 18.4 Å². The molecule has 0 aromatic carbocycles. The first-order chi connectivity index (χ1) is 11.3. The zero-order chi connectivity index (χ0) is 15.9. The average Bonchev–Trinajstić information content (AvgIpc) is 3.13. The molecule has 0 bridgehead atoms. The molecule has 23 heavy (non-hydrogen) atoms. The number of pyridine rings is 1. The van der Waals surface area contributed by atoms with E-state index in [0.717, 1.165) is 5.56 Å². The van der Waals surface area contributed by atoms with Gasteiger partial charge in [-0.3, -0.25) is 9.78 Å². The Morgan fingerprint density at radius 3 is 2.65 bits per heavy atom. The van der Waals surface area contributed by atoms with Gasteiger partial charge in [0, 0.05) is 31.3 Å². The molecule has 1 amide bonds. The molecule has 0 aliphatic heterocycles. The molecule has 3 heterocycles. The van der Waals surface area contributed by atoms with Crippen LogP contribution in [-0.4, -0.2) is 20.9 Å². The SMILES string of the molecule is O=C(NCc1ccco1)c1cnc(NCc2cccnc2)nc1. The summed E-state index contributed by atoms with van der Waals surface area (Å²) < 4.78 is 5.15. The van der Waals surface area contributed by atoms with Crippen molar-refractivity contribution in [1.82, 2.24) is 20.3 Å². The molecule has 3 aromatic heterocycles. The lowest BCUT2D eigenvalue weighted by molar-refractivity contribution is 0.0947. The molecular weight excluding hydrogens is 294 g/mol. The van der Waals surface area contributed by atoms with Crippen molar-refractivity contribution in [2.24, 2.45) is 0 Å². The molecule has 0 radical (unpaired) electrons. The van der Waals surface area contributed by atoms with Crippen molar-refractivity contribution in [1.29, 1.82) is 0 Å². The van der Waals surface area contributed by atoms with Gasteiger partial charge in [-0.2, -0.15) is 0 Å². The third-order valence-corrected chi connectivity index (χ3v) is 3.09. The lowest BCUT2D eigenvalue weighted by atomic mass is 10.3. The third kappa shape index (κ3) is 4.13. The predicted octanol–water partition coefficient (Wildman–Crippen LogP) is 2.01. The summed E-state index contributed by atoms with van der Waals surface area (Å²) in [4.78, 5) is 24.3. The first-order valence-electron chi connectivity index (χ1n) is 7.06. The van der Waals surface area contributed by atoms with Crippen molar-refractivity contribution in [3.63, 3.8) is 0 Å². The molecule has 3 aromatic rings. The quantitative estimate of drug-likeness (QED) is 0.723. The minimum Gasteiger partial charge on any atom is -0.467 e. The third-order valence-electron chi connectivity index (χ3n) is 3.09. The normalized spacial score (nSPS) is 10.3. The number of hydrogen-bond acceptors (Lipinski definition) is 6. The topological polar surface area (TPSA) is 92.9 Å². The van der Waals surface area contributed by atoms with Crippen molar-refractivity contribution < 1.29 is 9.21 Å². The van der Waals surface area contributed by atoms with Crippen LogP contribution in [0.15, 0.2) is 59.7 Å². The Balaban J connectivity index is 1.53. The first-order valence-corrected chi connectivity index (χ1v) is 7.06. The van der Waals surface area contributed by atoms with Gasteiger partial charge in [-0.25, -0.2) is 9.97 Å². The molecule has 0 saturated carbocycles. The molecule has 0 fully saturated rings. The first kappa shape index (κ1) is 14.7. The largest absolute Gasteiger partial charge is 0.467 e. The zero-order valence-corrected chi connectivity index (χ0v) is 12.3. The van der Waals surface area contributed by atoms with Gasteiger partial charge in [0.1, 0.15) is 5.76 Å². The van der Waals surface area contributed by atoms with E-state index in [2.05, 4.69) is 25.6 Å². The second-order valence-corrected chi connectivity index (χ2v) is 4.77. The highest BCUT2D eigenvalue weighted by Gasteiger charge is 2.07. The lowest BCUT2D eigenvalue weighted by Crippen LogP contribution is -2.23. The van der Waals surface area contributed by atoms with Crippen LogP contribution in [0.3, 0.4) is 0 Å². The Morgan fingerprint density at radius 2 is 1.96 bits per heavy atom. The second-order valence-electron chi connectivity index (χ2n) is 4.77. The summed E-state index contributed by atoms with van der Waals surface area (Å²) in [6, 6.07) is 7.39. The number of carbonyl (C=O) groups is 1. The van der Waals surface area contributed by atoms with Crippen LogP contribution in [0, 0.1) is 0 Å². The summed E-state index contributed by atoms with van der Waals surface area (Å²) in [5, 5.41) is 5.81. The number of hydrogen-bond donors (Lipinski definition) is 2. The number of nitrogens with one attached hydrogen (secondary N) is 2. The minimum absolute atomic E-state index is 0.250. The molecule has 116 valence electrons. The Hall–Kier alpha value is -3.22. The molecule has 7 heteroatoms. The van der Waals surface area contributed by atoms with Gasteiger partial charge < -0.3 is 15.1 Å². The molecule has 0 saturated heterocycles. The van der Waals surface area contributed by atoms with Crippen LogP contribution in [0.2, 0.25) is 0 Å². The highest BCUT2D eigenvalue weighted by Crippen LogP contribution is 2.04. The number of aromatic nitrogens is 3. The standard InChI is InChI=1S/C16H15N5O2/c22-15(18-11-14-4-2-6-23-14)13-9-20-16(21-10-13)19-8-12-3-1-5-17-7-12/h1-7,9-10H,8,11H2,(H,18,22)(H,19,20,21). The van der Waals surface area contributed by atoms with Crippen LogP contribution in [0.4, 0.5) is 5.95 Å². The van der Waals surface area contributed by atoms with E-state index in [1.807, 2.05) is 12.1 Å². The Bertz CT molecular complexity index is 742. The van der Waals surface area contributed by atoms with Gasteiger partial charge in [0.25, 0.3) is 5.91 Å². The summed E-state index contributed by atoms with van der Waals surface area (Å²) >= 11 is 0. The highest BCUT2D eigenvalue weighted by molar-refractivity contribution is 5.93. The number of furan rings is 1. The van der Waals surface area contributed by atoms with Crippen molar-refractivity contribution in [2.75, 3.05) is 5.32 Å². The van der Waals surface area contributed by atoms with Gasteiger partial charge in [-0.15, -0.1) is 0 Å². The Morgan fingerprint density at radius 1 is 1.09 bits per heavy atom. The molecular formula is C16H15N5O2. The van der Waals surface area contributed by atoms with Gasteiger partial charge >= 0.3 is 0 Å².